The number of anilines is 1. The first-order valence-electron chi connectivity index (χ1n) is 11.2. The normalized spacial score (nSPS) is 14.5. The number of hydrogen-bond donors (Lipinski definition) is 1. The van der Waals surface area contributed by atoms with E-state index in [-0.39, 0.29) is 24.7 Å². The summed E-state index contributed by atoms with van der Waals surface area (Å²) in [6.45, 7) is 6.93. The van der Waals surface area contributed by atoms with Crippen molar-refractivity contribution >= 4 is 28.2 Å². The van der Waals surface area contributed by atoms with Crippen LogP contribution in [0.15, 0.2) is 53.9 Å². The Labute approximate surface area is 202 Å². The number of fused-ring (bicyclic) bond motifs is 1. The van der Waals surface area contributed by atoms with Crippen molar-refractivity contribution in [3.05, 3.63) is 70.6 Å². The van der Waals surface area contributed by atoms with Gasteiger partial charge in [-0.2, -0.15) is 0 Å². The van der Waals surface area contributed by atoms with Gasteiger partial charge in [0.25, 0.3) is 5.91 Å². The van der Waals surface area contributed by atoms with E-state index in [1.54, 1.807) is 36.6 Å². The van der Waals surface area contributed by atoms with Crippen LogP contribution in [0.2, 0.25) is 0 Å². The van der Waals surface area contributed by atoms with E-state index in [2.05, 4.69) is 19.2 Å². The fraction of sp³-hybridized carbons (Fsp3) is 0.308. The van der Waals surface area contributed by atoms with Crippen LogP contribution in [0.5, 0.6) is 17.2 Å². The number of carbonyl (C=O) groups is 2. The minimum Gasteiger partial charge on any atom is -0.493 e. The zero-order chi connectivity index (χ0) is 24.1. The molecule has 0 saturated heterocycles. The number of benzene rings is 2. The lowest BCUT2D eigenvalue weighted by molar-refractivity contribution is 0.0513. The van der Waals surface area contributed by atoms with Crippen molar-refractivity contribution in [3.63, 3.8) is 0 Å². The minimum absolute atomic E-state index is 0.213. The Kier molecular flexibility index (Phi) is 7.37. The maximum atomic E-state index is 12.9. The average molecular weight is 482 g/mol. The molecule has 1 aliphatic heterocycles. The third-order valence-electron chi connectivity index (χ3n) is 5.08. The average Bonchev–Trinajstić information content (AvgIpc) is 3.26. The van der Waals surface area contributed by atoms with E-state index in [0.717, 1.165) is 0 Å². The first-order valence-corrected chi connectivity index (χ1v) is 12.1. The molecule has 0 saturated carbocycles. The quantitative estimate of drug-likeness (QED) is 0.414. The Bertz CT molecular complexity index is 1150. The van der Waals surface area contributed by atoms with Gasteiger partial charge in [0.1, 0.15) is 22.9 Å². The summed E-state index contributed by atoms with van der Waals surface area (Å²) >= 11 is 1.25. The van der Waals surface area contributed by atoms with Crippen molar-refractivity contribution in [2.75, 3.05) is 25.1 Å². The number of esters is 1. The standard InChI is InChI=1S/C26H27NO6S/c1-4-30-26(29)23-19(22-14-32-20-7-5-6-8-21(20)33-22)15-34-25(23)27-24(28)17-9-11-18(12-10-17)31-13-16(2)3/h5-12,15-16,22H,4,13-14H2,1-3H3,(H,27,28)/t22-/m0/s1. The molecular weight excluding hydrogens is 454 g/mol. The summed E-state index contributed by atoms with van der Waals surface area (Å²) in [6.07, 6.45) is -0.506. The van der Waals surface area contributed by atoms with Gasteiger partial charge in [-0.1, -0.05) is 26.0 Å². The van der Waals surface area contributed by atoms with Gasteiger partial charge in [0.2, 0.25) is 0 Å². The molecule has 1 amide bonds. The van der Waals surface area contributed by atoms with Gasteiger partial charge in [-0.05, 0) is 49.2 Å². The molecule has 1 atom stereocenters. The molecule has 34 heavy (non-hydrogen) atoms. The Morgan fingerprint density at radius 1 is 1.12 bits per heavy atom. The molecule has 4 rings (SSSR count). The predicted octanol–water partition coefficient (Wildman–Crippen LogP) is 5.72. The van der Waals surface area contributed by atoms with Crippen LogP contribution >= 0.6 is 11.3 Å². The van der Waals surface area contributed by atoms with Crippen molar-refractivity contribution in [1.29, 1.82) is 0 Å². The van der Waals surface area contributed by atoms with Gasteiger partial charge in [0.15, 0.2) is 17.6 Å². The van der Waals surface area contributed by atoms with Crippen LogP contribution in [0.4, 0.5) is 5.00 Å². The molecule has 0 aliphatic carbocycles. The molecule has 0 spiro atoms. The van der Waals surface area contributed by atoms with Crippen molar-refractivity contribution < 1.29 is 28.5 Å². The van der Waals surface area contributed by atoms with Gasteiger partial charge in [0.05, 0.1) is 13.2 Å². The number of hydrogen-bond acceptors (Lipinski definition) is 7. The highest BCUT2D eigenvalue weighted by Crippen LogP contribution is 2.40. The smallest absolute Gasteiger partial charge is 0.341 e. The van der Waals surface area contributed by atoms with Crippen LogP contribution in [0.1, 0.15) is 53.2 Å². The predicted molar refractivity (Wildman–Crippen MR) is 130 cm³/mol. The Balaban J connectivity index is 1.54. The summed E-state index contributed by atoms with van der Waals surface area (Å²) in [5, 5.41) is 5.06. The van der Waals surface area contributed by atoms with Crippen LogP contribution in [0.25, 0.3) is 0 Å². The molecule has 1 aliphatic rings. The summed E-state index contributed by atoms with van der Waals surface area (Å²) in [4.78, 5) is 25.8. The van der Waals surface area contributed by atoms with Crippen molar-refractivity contribution in [3.8, 4) is 17.2 Å². The van der Waals surface area contributed by atoms with Gasteiger partial charge >= 0.3 is 5.97 Å². The van der Waals surface area contributed by atoms with Crippen molar-refractivity contribution in [2.45, 2.75) is 26.9 Å². The van der Waals surface area contributed by atoms with Crippen LogP contribution in [-0.4, -0.2) is 31.7 Å². The number of carbonyl (C=O) groups excluding carboxylic acids is 2. The molecule has 3 aromatic rings. The Hall–Kier alpha value is -3.52. The molecule has 8 heteroatoms. The second-order valence-corrected chi connectivity index (χ2v) is 9.04. The summed E-state index contributed by atoms with van der Waals surface area (Å²) in [6, 6.07) is 14.3. The van der Waals surface area contributed by atoms with E-state index in [1.807, 2.05) is 24.3 Å². The van der Waals surface area contributed by atoms with E-state index >= 15 is 0 Å². The molecular formula is C26H27NO6S. The van der Waals surface area contributed by atoms with E-state index in [4.69, 9.17) is 18.9 Å². The van der Waals surface area contributed by atoms with Crippen molar-refractivity contribution in [2.24, 2.45) is 5.92 Å². The highest BCUT2D eigenvalue weighted by atomic mass is 32.1. The second-order valence-electron chi connectivity index (χ2n) is 8.16. The Morgan fingerprint density at radius 2 is 1.85 bits per heavy atom. The van der Waals surface area contributed by atoms with E-state index < -0.39 is 12.1 Å². The van der Waals surface area contributed by atoms with Gasteiger partial charge < -0.3 is 24.3 Å². The topological polar surface area (TPSA) is 83.1 Å². The van der Waals surface area contributed by atoms with Crippen LogP contribution in [-0.2, 0) is 4.74 Å². The van der Waals surface area contributed by atoms with Crippen LogP contribution in [0.3, 0.4) is 0 Å². The largest absolute Gasteiger partial charge is 0.493 e. The van der Waals surface area contributed by atoms with Crippen LogP contribution in [0, 0.1) is 5.92 Å². The fourth-order valence-corrected chi connectivity index (χ4v) is 4.41. The molecule has 1 N–H and O–H groups in total. The highest BCUT2D eigenvalue weighted by molar-refractivity contribution is 7.15. The number of ether oxygens (including phenoxy) is 4. The van der Waals surface area contributed by atoms with Gasteiger partial charge in [-0.25, -0.2) is 4.79 Å². The first-order chi connectivity index (χ1) is 16.5. The third-order valence-corrected chi connectivity index (χ3v) is 6.00. The van der Waals surface area contributed by atoms with E-state index in [9.17, 15) is 9.59 Å². The maximum absolute atomic E-state index is 12.9. The number of amides is 1. The zero-order valence-electron chi connectivity index (χ0n) is 19.3. The summed E-state index contributed by atoms with van der Waals surface area (Å²) in [5.74, 6) is 1.51. The molecule has 1 aromatic heterocycles. The molecule has 2 heterocycles. The zero-order valence-corrected chi connectivity index (χ0v) is 20.1. The summed E-state index contributed by atoms with van der Waals surface area (Å²) < 4.78 is 22.9. The first kappa shape index (κ1) is 23.6. The molecule has 2 aromatic carbocycles. The minimum atomic E-state index is -0.519. The highest BCUT2D eigenvalue weighted by Gasteiger charge is 2.31. The molecule has 0 radical (unpaired) electrons. The monoisotopic (exact) mass is 481 g/mol. The Morgan fingerprint density at radius 3 is 2.56 bits per heavy atom. The molecule has 178 valence electrons. The van der Waals surface area contributed by atoms with E-state index in [1.165, 1.54) is 11.3 Å². The van der Waals surface area contributed by atoms with Gasteiger partial charge in [-0.15, -0.1) is 11.3 Å². The van der Waals surface area contributed by atoms with E-state index in [0.29, 0.717) is 45.9 Å². The molecule has 0 bridgehead atoms. The number of nitrogens with one attached hydrogen (secondary N) is 1. The molecule has 7 nitrogen and oxygen atoms in total. The molecule has 0 fully saturated rings. The number of para-hydroxylation sites is 2. The van der Waals surface area contributed by atoms with Gasteiger partial charge in [-0.3, -0.25) is 4.79 Å². The van der Waals surface area contributed by atoms with Gasteiger partial charge in [0, 0.05) is 16.5 Å². The summed E-state index contributed by atoms with van der Waals surface area (Å²) in [7, 11) is 0. The third kappa shape index (κ3) is 5.34. The number of rotatable bonds is 8. The fourth-order valence-electron chi connectivity index (χ4n) is 3.43. The number of thiophene rings is 1. The lowest BCUT2D eigenvalue weighted by Gasteiger charge is -2.26. The summed E-state index contributed by atoms with van der Waals surface area (Å²) in [5.41, 5.74) is 1.35. The van der Waals surface area contributed by atoms with Crippen LogP contribution < -0.4 is 19.5 Å². The lowest BCUT2D eigenvalue weighted by Crippen LogP contribution is -2.24. The molecule has 0 unspecified atom stereocenters. The lowest BCUT2D eigenvalue weighted by atomic mass is 10.1. The maximum Gasteiger partial charge on any atom is 0.341 e. The van der Waals surface area contributed by atoms with Crippen molar-refractivity contribution in [1.82, 2.24) is 0 Å². The SMILES string of the molecule is CCOC(=O)c1c([C@@H]2COc3ccccc3O2)csc1NC(=O)c1ccc(OCC(C)C)cc1. The second kappa shape index (κ2) is 10.6.